The van der Waals surface area contributed by atoms with Gasteiger partial charge in [0.25, 0.3) is 0 Å². The lowest BCUT2D eigenvalue weighted by molar-refractivity contribution is -0.145. The molecule has 0 aliphatic rings. The standard InChI is InChI=1S/C16H34N2O2.C11H20O2.C5H14N2/c1-5-7-9-15(6-2)14-20-16(19)10-12-17-11-8-13-18(3)4;1-4-7-8-10(5-2)9-13-11(12)6-3;1-7(2)5-3-4-6/h15,17H,5-14H2,1-4H3;6,10H,3-5,7-9H2,1-2H3;3-6H2,1-2H3. The SMILES string of the molecule is C=CC(=O)OCC(CC)CCCC.CCCCC(CC)COC(=O)CCNCCCN(C)C.CN(C)CCCN. The van der Waals surface area contributed by atoms with Crippen molar-refractivity contribution in [2.75, 3.05) is 74.1 Å². The summed E-state index contributed by atoms with van der Waals surface area (Å²) in [5.41, 5.74) is 5.25. The first-order chi connectivity index (χ1) is 19.1. The van der Waals surface area contributed by atoms with E-state index in [1.54, 1.807) is 0 Å². The number of nitrogens with one attached hydrogen (secondary N) is 1. The Balaban J connectivity index is -0.000000583. The monoisotopic (exact) mass is 573 g/mol. The topological polar surface area (TPSA) is 97.1 Å². The van der Waals surface area contributed by atoms with Crippen LogP contribution in [-0.2, 0) is 19.1 Å². The number of rotatable bonds is 23. The second kappa shape index (κ2) is 33.7. The Labute approximate surface area is 248 Å². The lowest BCUT2D eigenvalue weighted by Gasteiger charge is -2.14. The van der Waals surface area contributed by atoms with Crippen LogP contribution < -0.4 is 11.1 Å². The van der Waals surface area contributed by atoms with Crippen LogP contribution in [0.2, 0.25) is 0 Å². The highest BCUT2D eigenvalue weighted by Crippen LogP contribution is 2.13. The van der Waals surface area contributed by atoms with Crippen LogP contribution in [0.3, 0.4) is 0 Å². The number of unbranched alkanes of at least 4 members (excludes halogenated alkanes) is 2. The third-order valence-corrected chi connectivity index (χ3v) is 6.47. The lowest BCUT2D eigenvalue weighted by Crippen LogP contribution is -2.24. The first-order valence-electron chi connectivity index (χ1n) is 15.8. The average molecular weight is 573 g/mol. The Bertz CT molecular complexity index is 559. The van der Waals surface area contributed by atoms with Gasteiger partial charge in [-0.15, -0.1) is 0 Å². The van der Waals surface area contributed by atoms with Crippen molar-refractivity contribution in [3.63, 3.8) is 0 Å². The van der Waals surface area contributed by atoms with Crippen molar-refractivity contribution in [3.8, 4) is 0 Å². The molecule has 0 aliphatic heterocycles. The zero-order valence-corrected chi connectivity index (χ0v) is 27.8. The molecule has 0 spiro atoms. The van der Waals surface area contributed by atoms with Crippen LogP contribution in [0.15, 0.2) is 12.7 Å². The van der Waals surface area contributed by atoms with Crippen molar-refractivity contribution >= 4 is 11.9 Å². The summed E-state index contributed by atoms with van der Waals surface area (Å²) >= 11 is 0. The maximum absolute atomic E-state index is 11.6. The van der Waals surface area contributed by atoms with Crippen molar-refractivity contribution in [2.24, 2.45) is 17.6 Å². The molecule has 0 bridgehead atoms. The Morgan fingerprint density at radius 2 is 1.30 bits per heavy atom. The molecule has 2 unspecified atom stereocenters. The van der Waals surface area contributed by atoms with Crippen LogP contribution >= 0.6 is 0 Å². The van der Waals surface area contributed by atoms with Crippen molar-refractivity contribution < 1.29 is 19.1 Å². The number of hydrogen-bond donors (Lipinski definition) is 2. The van der Waals surface area contributed by atoms with Crippen LogP contribution in [-0.4, -0.2) is 95.9 Å². The summed E-state index contributed by atoms with van der Waals surface area (Å²) in [6, 6.07) is 0. The van der Waals surface area contributed by atoms with Gasteiger partial charge in [0.05, 0.1) is 19.6 Å². The normalized spacial score (nSPS) is 12.1. The summed E-state index contributed by atoms with van der Waals surface area (Å²) in [6.07, 6.45) is 13.2. The number of esters is 2. The minimum Gasteiger partial charge on any atom is -0.465 e. The molecule has 0 saturated heterocycles. The molecule has 3 N–H and O–H groups in total. The quantitative estimate of drug-likeness (QED) is 0.0940. The van der Waals surface area contributed by atoms with Gasteiger partial charge in [-0.25, -0.2) is 4.79 Å². The lowest BCUT2D eigenvalue weighted by atomic mass is 10.0. The van der Waals surface area contributed by atoms with Gasteiger partial charge >= 0.3 is 11.9 Å². The van der Waals surface area contributed by atoms with Gasteiger partial charge in [0.15, 0.2) is 0 Å². The molecule has 0 saturated carbocycles. The van der Waals surface area contributed by atoms with Crippen LogP contribution in [0.5, 0.6) is 0 Å². The van der Waals surface area contributed by atoms with E-state index in [2.05, 4.69) is 77.6 Å². The molecule has 0 aromatic heterocycles. The Hall–Kier alpha value is -1.48. The molecule has 0 aromatic carbocycles. The van der Waals surface area contributed by atoms with Crippen LogP contribution in [0.4, 0.5) is 0 Å². The van der Waals surface area contributed by atoms with Gasteiger partial charge in [0.1, 0.15) is 0 Å². The van der Waals surface area contributed by atoms with Gasteiger partial charge in [0.2, 0.25) is 0 Å². The number of nitrogens with two attached hydrogens (primary N) is 1. The first kappa shape index (κ1) is 43.0. The zero-order chi connectivity index (χ0) is 31.0. The molecule has 0 radical (unpaired) electrons. The zero-order valence-electron chi connectivity index (χ0n) is 27.8. The molecule has 40 heavy (non-hydrogen) atoms. The third kappa shape index (κ3) is 36.5. The summed E-state index contributed by atoms with van der Waals surface area (Å²) in [5, 5.41) is 3.28. The van der Waals surface area contributed by atoms with E-state index in [9.17, 15) is 9.59 Å². The highest BCUT2D eigenvalue weighted by molar-refractivity contribution is 5.81. The molecule has 8 nitrogen and oxygen atoms in total. The van der Waals surface area contributed by atoms with Gasteiger partial charge in [0, 0.05) is 12.6 Å². The molecule has 240 valence electrons. The number of carbonyl (C=O) groups excluding carboxylic acids is 2. The minimum absolute atomic E-state index is 0.0694. The van der Waals surface area contributed by atoms with E-state index >= 15 is 0 Å². The molecule has 0 aliphatic carbocycles. The first-order valence-corrected chi connectivity index (χ1v) is 15.8. The van der Waals surface area contributed by atoms with Gasteiger partial charge in [-0.1, -0.05) is 72.8 Å². The summed E-state index contributed by atoms with van der Waals surface area (Å²) < 4.78 is 10.3. The van der Waals surface area contributed by atoms with Crippen molar-refractivity contribution in [3.05, 3.63) is 12.7 Å². The van der Waals surface area contributed by atoms with E-state index in [4.69, 9.17) is 15.2 Å². The molecular formula is C32H68N4O4. The molecule has 0 heterocycles. The Morgan fingerprint density at radius 1 is 0.800 bits per heavy atom. The highest BCUT2D eigenvalue weighted by atomic mass is 16.5. The minimum atomic E-state index is -0.310. The number of carbonyl (C=O) groups is 2. The number of ether oxygens (including phenoxy) is 2. The van der Waals surface area contributed by atoms with Crippen LogP contribution in [0, 0.1) is 11.8 Å². The predicted molar refractivity (Wildman–Crippen MR) is 172 cm³/mol. The van der Waals surface area contributed by atoms with Crippen molar-refractivity contribution in [1.82, 2.24) is 15.1 Å². The predicted octanol–water partition coefficient (Wildman–Crippen LogP) is 5.51. The Kier molecular flexibility index (Phi) is 36.2. The summed E-state index contributed by atoms with van der Waals surface area (Å²) in [6.45, 7) is 17.8. The van der Waals surface area contributed by atoms with Gasteiger partial charge < -0.3 is 30.3 Å². The van der Waals surface area contributed by atoms with E-state index in [1.807, 2.05) is 0 Å². The number of hydrogen-bond acceptors (Lipinski definition) is 8. The fourth-order valence-corrected chi connectivity index (χ4v) is 3.58. The smallest absolute Gasteiger partial charge is 0.330 e. The third-order valence-electron chi connectivity index (χ3n) is 6.47. The van der Waals surface area contributed by atoms with Crippen molar-refractivity contribution in [2.45, 2.75) is 98.3 Å². The second-order valence-electron chi connectivity index (χ2n) is 11.0. The van der Waals surface area contributed by atoms with Gasteiger partial charge in [-0.2, -0.15) is 0 Å². The summed E-state index contributed by atoms with van der Waals surface area (Å²) in [4.78, 5) is 26.7. The van der Waals surface area contributed by atoms with E-state index in [-0.39, 0.29) is 11.9 Å². The molecule has 0 rings (SSSR count). The molecule has 8 heteroatoms. The summed E-state index contributed by atoms with van der Waals surface area (Å²) in [5.74, 6) is 0.672. The fraction of sp³-hybridized carbons (Fsp3) is 0.875. The fourth-order valence-electron chi connectivity index (χ4n) is 3.58. The molecular weight excluding hydrogens is 504 g/mol. The number of nitrogens with zero attached hydrogens (tertiary/aromatic N) is 2. The van der Waals surface area contributed by atoms with Gasteiger partial charge in [-0.05, 0) is 91.9 Å². The summed E-state index contributed by atoms with van der Waals surface area (Å²) in [7, 11) is 8.24. The highest BCUT2D eigenvalue weighted by Gasteiger charge is 2.10. The Morgan fingerprint density at radius 3 is 1.70 bits per heavy atom. The average Bonchev–Trinajstić information content (AvgIpc) is 2.94. The second-order valence-corrected chi connectivity index (χ2v) is 11.0. The van der Waals surface area contributed by atoms with E-state index < -0.39 is 0 Å². The maximum atomic E-state index is 11.6. The van der Waals surface area contributed by atoms with Gasteiger partial charge in [-0.3, -0.25) is 4.79 Å². The maximum Gasteiger partial charge on any atom is 0.330 e. The molecule has 0 amide bonds. The van der Waals surface area contributed by atoms with E-state index in [0.29, 0.717) is 31.5 Å². The van der Waals surface area contributed by atoms with Crippen LogP contribution in [0.25, 0.3) is 0 Å². The van der Waals surface area contributed by atoms with E-state index in [0.717, 1.165) is 64.8 Å². The molecule has 2 atom stereocenters. The molecule has 0 fully saturated rings. The van der Waals surface area contributed by atoms with Crippen LogP contribution in [0.1, 0.15) is 98.3 Å². The van der Waals surface area contributed by atoms with E-state index in [1.165, 1.54) is 38.2 Å². The molecule has 0 aromatic rings. The van der Waals surface area contributed by atoms with Crippen molar-refractivity contribution in [1.29, 1.82) is 0 Å². The largest absolute Gasteiger partial charge is 0.465 e.